The van der Waals surface area contributed by atoms with Crippen molar-refractivity contribution in [3.8, 4) is 17.3 Å². The highest BCUT2D eigenvalue weighted by molar-refractivity contribution is 5.96. The number of halogens is 3. The van der Waals surface area contributed by atoms with Crippen molar-refractivity contribution >= 4 is 23.1 Å². The fourth-order valence-electron chi connectivity index (χ4n) is 3.92. The van der Waals surface area contributed by atoms with Crippen molar-refractivity contribution in [3.63, 3.8) is 0 Å². The number of nitriles is 1. The number of imidazole rings is 1. The molecule has 0 aliphatic heterocycles. The third-order valence-corrected chi connectivity index (χ3v) is 5.63. The van der Waals surface area contributed by atoms with Crippen molar-refractivity contribution in [1.29, 1.82) is 5.26 Å². The summed E-state index contributed by atoms with van der Waals surface area (Å²) in [5.41, 5.74) is 1.44. The maximum Gasteiger partial charge on any atom is 0.435 e. The van der Waals surface area contributed by atoms with Crippen LogP contribution in [0.2, 0.25) is 0 Å². The van der Waals surface area contributed by atoms with E-state index in [9.17, 15) is 18.0 Å². The van der Waals surface area contributed by atoms with Gasteiger partial charge in [0.1, 0.15) is 0 Å². The molecule has 0 aliphatic rings. The van der Waals surface area contributed by atoms with Gasteiger partial charge < -0.3 is 10.6 Å². The van der Waals surface area contributed by atoms with E-state index in [1.807, 2.05) is 19.1 Å². The molecule has 0 bridgehead atoms. The highest BCUT2D eigenvalue weighted by Gasteiger charge is 2.38. The van der Waals surface area contributed by atoms with Crippen molar-refractivity contribution in [1.82, 2.24) is 29.5 Å². The molecule has 12 heteroatoms. The second-order valence-corrected chi connectivity index (χ2v) is 7.96. The summed E-state index contributed by atoms with van der Waals surface area (Å²) >= 11 is 0. The van der Waals surface area contributed by atoms with Crippen molar-refractivity contribution in [2.45, 2.75) is 38.9 Å². The Balaban J connectivity index is 1.72. The zero-order valence-corrected chi connectivity index (χ0v) is 19.6. The number of amides is 1. The molecular weight excluding hydrogens is 473 g/mol. The van der Waals surface area contributed by atoms with Crippen LogP contribution in [-0.2, 0) is 19.1 Å². The fraction of sp³-hybridized carbons (Fsp3) is 0.292. The number of nitrogens with one attached hydrogen (secondary N) is 2. The maximum absolute atomic E-state index is 13.8. The van der Waals surface area contributed by atoms with Crippen LogP contribution >= 0.6 is 0 Å². The van der Waals surface area contributed by atoms with Crippen molar-refractivity contribution in [2.75, 3.05) is 12.4 Å². The summed E-state index contributed by atoms with van der Waals surface area (Å²) in [7, 11) is 1.56. The molecule has 0 spiro atoms. The summed E-state index contributed by atoms with van der Waals surface area (Å²) < 4.78 is 44.1. The number of anilines is 2. The first kappa shape index (κ1) is 24.7. The van der Waals surface area contributed by atoms with Gasteiger partial charge in [0.15, 0.2) is 17.2 Å². The van der Waals surface area contributed by atoms with E-state index in [4.69, 9.17) is 5.26 Å². The Hall–Kier alpha value is -4.40. The number of unbranched alkanes of at least 4 members (excludes halogenated alkanes) is 1. The van der Waals surface area contributed by atoms with Crippen LogP contribution in [0.1, 0.15) is 41.4 Å². The van der Waals surface area contributed by atoms with Gasteiger partial charge in [-0.05, 0) is 36.6 Å². The van der Waals surface area contributed by atoms with Gasteiger partial charge in [-0.1, -0.05) is 6.92 Å². The highest BCUT2D eigenvalue weighted by atomic mass is 19.4. The largest absolute Gasteiger partial charge is 0.435 e. The van der Waals surface area contributed by atoms with Gasteiger partial charge in [-0.15, -0.1) is 0 Å². The zero-order chi connectivity index (χ0) is 25.9. The minimum Gasteiger partial charge on any atom is -0.355 e. The molecule has 1 aromatic carbocycles. The van der Waals surface area contributed by atoms with E-state index in [2.05, 4.69) is 25.7 Å². The molecule has 0 unspecified atom stereocenters. The van der Waals surface area contributed by atoms with Crippen LogP contribution in [0.5, 0.6) is 0 Å². The minimum absolute atomic E-state index is 0.118. The Morgan fingerprint density at radius 1 is 1.25 bits per heavy atom. The molecule has 0 saturated heterocycles. The second-order valence-electron chi connectivity index (χ2n) is 7.96. The quantitative estimate of drug-likeness (QED) is 0.345. The lowest BCUT2D eigenvalue weighted by Gasteiger charge is -2.12. The topological polar surface area (TPSA) is 113 Å². The fourth-order valence-corrected chi connectivity index (χ4v) is 3.92. The lowest BCUT2D eigenvalue weighted by molar-refractivity contribution is -0.141. The standard InChI is InChI=1S/C24H23F3N8O/c1-3-15-12-16(6-7-17(15)23(36)29-2)32-21-22-31-13-19(35(22)11-9-30-21)18-14-34(10-5-4-8-28)33-20(18)24(25,26)27/h6-7,9,11-14H,3-5,10H2,1-2H3,(H,29,36)(H,30,32). The number of hydrogen-bond acceptors (Lipinski definition) is 6. The van der Waals surface area contributed by atoms with E-state index >= 15 is 0 Å². The Labute approximate surface area is 204 Å². The smallest absolute Gasteiger partial charge is 0.355 e. The SMILES string of the molecule is CCc1cc(Nc2nccn3c(-c4cn(CCCC#N)nc4C(F)(F)F)cnc23)ccc1C(=O)NC. The first-order valence-corrected chi connectivity index (χ1v) is 11.2. The number of nitrogens with zero attached hydrogens (tertiary/aromatic N) is 6. The monoisotopic (exact) mass is 496 g/mol. The lowest BCUT2D eigenvalue weighted by Crippen LogP contribution is -2.19. The van der Waals surface area contributed by atoms with E-state index < -0.39 is 11.9 Å². The Bertz CT molecular complexity index is 1450. The molecule has 0 aliphatic carbocycles. The number of alkyl halides is 3. The Morgan fingerprint density at radius 2 is 2.06 bits per heavy atom. The molecule has 0 saturated carbocycles. The third kappa shape index (κ3) is 4.86. The van der Waals surface area contributed by atoms with E-state index in [1.165, 1.54) is 33.9 Å². The van der Waals surface area contributed by atoms with Gasteiger partial charge in [0.05, 0.1) is 23.5 Å². The van der Waals surface area contributed by atoms with Crippen LogP contribution < -0.4 is 10.6 Å². The average molecular weight is 496 g/mol. The highest BCUT2D eigenvalue weighted by Crippen LogP contribution is 2.37. The summed E-state index contributed by atoms with van der Waals surface area (Å²) in [5, 5.41) is 18.2. The van der Waals surface area contributed by atoms with Crippen molar-refractivity contribution < 1.29 is 18.0 Å². The lowest BCUT2D eigenvalue weighted by atomic mass is 10.0. The van der Waals surface area contributed by atoms with Gasteiger partial charge in [-0.25, -0.2) is 9.97 Å². The molecule has 0 atom stereocenters. The molecular formula is C24H23F3N8O. The van der Waals surface area contributed by atoms with E-state index in [-0.39, 0.29) is 30.1 Å². The number of aryl methyl sites for hydroxylation is 2. The first-order valence-electron chi connectivity index (χ1n) is 11.2. The first-order chi connectivity index (χ1) is 17.3. The third-order valence-electron chi connectivity index (χ3n) is 5.63. The summed E-state index contributed by atoms with van der Waals surface area (Å²) in [5.74, 6) is 0.152. The Morgan fingerprint density at radius 3 is 2.75 bits per heavy atom. The Kier molecular flexibility index (Phi) is 6.91. The molecule has 4 rings (SSSR count). The van der Waals surface area contributed by atoms with Gasteiger partial charge in [0, 0.05) is 49.9 Å². The second kappa shape index (κ2) is 10.1. The molecule has 3 heterocycles. The van der Waals surface area contributed by atoms with Crippen LogP contribution in [0.4, 0.5) is 24.7 Å². The molecule has 0 fully saturated rings. The number of hydrogen-bond donors (Lipinski definition) is 2. The van der Waals surface area contributed by atoms with Crippen LogP contribution in [0, 0.1) is 11.3 Å². The molecule has 0 radical (unpaired) electrons. The molecule has 9 nitrogen and oxygen atoms in total. The summed E-state index contributed by atoms with van der Waals surface area (Å²) in [6, 6.07) is 7.23. The van der Waals surface area contributed by atoms with Gasteiger partial charge >= 0.3 is 6.18 Å². The van der Waals surface area contributed by atoms with Crippen LogP contribution in [0.25, 0.3) is 16.9 Å². The number of carbonyl (C=O) groups excluding carboxylic acids is 1. The molecule has 3 aromatic heterocycles. The number of aromatic nitrogens is 5. The van der Waals surface area contributed by atoms with Crippen LogP contribution in [-0.4, -0.2) is 37.1 Å². The van der Waals surface area contributed by atoms with Gasteiger partial charge in [-0.3, -0.25) is 13.9 Å². The number of carbonyl (C=O) groups is 1. The molecule has 2 N–H and O–H groups in total. The minimum atomic E-state index is -4.67. The molecule has 36 heavy (non-hydrogen) atoms. The maximum atomic E-state index is 13.8. The van der Waals surface area contributed by atoms with Crippen LogP contribution in [0.3, 0.4) is 0 Å². The predicted octanol–water partition coefficient (Wildman–Crippen LogP) is 4.58. The normalized spacial score (nSPS) is 11.4. The summed E-state index contributed by atoms with van der Waals surface area (Å²) in [6.45, 7) is 2.12. The number of fused-ring (bicyclic) bond motifs is 1. The molecule has 4 aromatic rings. The zero-order valence-electron chi connectivity index (χ0n) is 19.6. The summed E-state index contributed by atoms with van der Waals surface area (Å²) in [4.78, 5) is 20.7. The van der Waals surface area contributed by atoms with Crippen molar-refractivity contribution in [3.05, 3.63) is 59.8 Å². The van der Waals surface area contributed by atoms with E-state index in [0.29, 0.717) is 35.6 Å². The van der Waals surface area contributed by atoms with Gasteiger partial charge in [-0.2, -0.15) is 23.5 Å². The molecule has 1 amide bonds. The van der Waals surface area contributed by atoms with E-state index in [0.717, 1.165) is 5.56 Å². The van der Waals surface area contributed by atoms with Crippen LogP contribution in [0.15, 0.2) is 43.0 Å². The molecule has 186 valence electrons. The average Bonchev–Trinajstić information content (AvgIpc) is 3.48. The van der Waals surface area contributed by atoms with Crippen molar-refractivity contribution in [2.24, 2.45) is 0 Å². The predicted molar refractivity (Wildman–Crippen MR) is 127 cm³/mol. The van der Waals surface area contributed by atoms with Gasteiger partial charge in [0.2, 0.25) is 0 Å². The number of rotatable bonds is 8. The number of benzene rings is 1. The van der Waals surface area contributed by atoms with Gasteiger partial charge in [0.25, 0.3) is 5.91 Å². The summed E-state index contributed by atoms with van der Waals surface area (Å²) in [6.07, 6.45) is 2.23. The van der Waals surface area contributed by atoms with E-state index in [1.54, 1.807) is 19.2 Å².